The summed E-state index contributed by atoms with van der Waals surface area (Å²) < 4.78 is 38.1. The van der Waals surface area contributed by atoms with Crippen molar-refractivity contribution in [1.29, 1.82) is 0 Å². The first-order valence-electron chi connectivity index (χ1n) is 4.46. The number of thioether (sulfide) groups is 1. The lowest BCUT2D eigenvalue weighted by atomic mass is 10.6. The van der Waals surface area contributed by atoms with Gasteiger partial charge in [-0.15, -0.1) is 22.0 Å². The van der Waals surface area contributed by atoms with Crippen LogP contribution in [-0.2, 0) is 16.7 Å². The van der Waals surface area contributed by atoms with Gasteiger partial charge in [0.1, 0.15) is 5.01 Å². The standard InChI is InChI=1S/C7H5F3N4O2S2/c8-7(9,10)5-11-12-6-14(5)13-3(18-6)1-17-2-4(15)16/h1-2H2,(H,15,16). The van der Waals surface area contributed by atoms with E-state index >= 15 is 0 Å². The zero-order valence-electron chi connectivity index (χ0n) is 8.51. The minimum atomic E-state index is -4.61. The second kappa shape index (κ2) is 4.72. The van der Waals surface area contributed by atoms with E-state index in [1.807, 2.05) is 0 Å². The Morgan fingerprint density at radius 2 is 2.17 bits per heavy atom. The van der Waals surface area contributed by atoms with Crippen LogP contribution in [0.4, 0.5) is 13.2 Å². The molecule has 98 valence electrons. The fourth-order valence-corrected chi connectivity index (χ4v) is 2.74. The molecule has 0 bridgehead atoms. The Balaban J connectivity index is 2.18. The third kappa shape index (κ3) is 2.72. The number of hydrogen-bond donors (Lipinski definition) is 1. The quantitative estimate of drug-likeness (QED) is 0.922. The van der Waals surface area contributed by atoms with Crippen molar-refractivity contribution < 1.29 is 23.1 Å². The summed E-state index contributed by atoms with van der Waals surface area (Å²) in [7, 11) is 0. The molecule has 6 nitrogen and oxygen atoms in total. The van der Waals surface area contributed by atoms with Crippen molar-refractivity contribution in [2.45, 2.75) is 11.9 Å². The van der Waals surface area contributed by atoms with E-state index < -0.39 is 18.0 Å². The normalized spacial score (nSPS) is 12.2. The third-order valence-electron chi connectivity index (χ3n) is 1.74. The lowest BCUT2D eigenvalue weighted by Crippen LogP contribution is -2.11. The molecule has 0 unspecified atom stereocenters. The predicted molar refractivity (Wildman–Crippen MR) is 57.5 cm³/mol. The summed E-state index contributed by atoms with van der Waals surface area (Å²) in [5.41, 5.74) is 0. The molecule has 2 rings (SSSR count). The molecule has 1 N–H and O–H groups in total. The lowest BCUT2D eigenvalue weighted by molar-refractivity contribution is -0.146. The van der Waals surface area contributed by atoms with Crippen molar-refractivity contribution in [2.75, 3.05) is 5.75 Å². The molecule has 0 aliphatic heterocycles. The predicted octanol–water partition coefficient (Wildman–Crippen LogP) is 1.52. The van der Waals surface area contributed by atoms with Crippen LogP contribution < -0.4 is 0 Å². The Bertz CT molecular complexity index is 579. The molecule has 0 saturated heterocycles. The van der Waals surface area contributed by atoms with E-state index in [1.165, 1.54) is 0 Å². The van der Waals surface area contributed by atoms with Gasteiger partial charge in [0.2, 0.25) is 4.96 Å². The summed E-state index contributed by atoms with van der Waals surface area (Å²) in [6, 6.07) is 0. The topological polar surface area (TPSA) is 80.4 Å². The van der Waals surface area contributed by atoms with Gasteiger partial charge in [-0.05, 0) is 0 Å². The zero-order valence-corrected chi connectivity index (χ0v) is 10.1. The van der Waals surface area contributed by atoms with E-state index in [1.54, 1.807) is 0 Å². The van der Waals surface area contributed by atoms with Crippen molar-refractivity contribution >= 4 is 34.0 Å². The molecule has 0 aliphatic carbocycles. The number of carboxylic acid groups (broad SMARTS) is 1. The first-order valence-corrected chi connectivity index (χ1v) is 6.43. The minimum absolute atomic E-state index is 0.0354. The largest absolute Gasteiger partial charge is 0.481 e. The SMILES string of the molecule is O=C(O)CSCc1nn2c(C(F)(F)F)nnc2s1. The zero-order chi connectivity index (χ0) is 13.3. The van der Waals surface area contributed by atoms with Gasteiger partial charge in [-0.25, -0.2) is 0 Å². The van der Waals surface area contributed by atoms with Gasteiger partial charge in [0, 0.05) is 5.75 Å². The Labute approximate surface area is 106 Å². The molecule has 0 aliphatic rings. The van der Waals surface area contributed by atoms with Crippen LogP contribution >= 0.6 is 23.1 Å². The van der Waals surface area contributed by atoms with Crippen LogP contribution in [0.5, 0.6) is 0 Å². The van der Waals surface area contributed by atoms with E-state index in [-0.39, 0.29) is 16.5 Å². The van der Waals surface area contributed by atoms with Crippen LogP contribution in [0.1, 0.15) is 10.8 Å². The number of alkyl halides is 3. The van der Waals surface area contributed by atoms with Gasteiger partial charge < -0.3 is 5.11 Å². The molecule has 2 heterocycles. The van der Waals surface area contributed by atoms with Crippen LogP contribution in [-0.4, -0.2) is 36.6 Å². The van der Waals surface area contributed by atoms with Crippen LogP contribution in [0, 0.1) is 0 Å². The minimum Gasteiger partial charge on any atom is -0.481 e. The van der Waals surface area contributed by atoms with Crippen LogP contribution in [0.15, 0.2) is 0 Å². The summed E-state index contributed by atoms with van der Waals surface area (Å²) >= 11 is 2.00. The molecule has 0 amide bonds. The average molecular weight is 298 g/mol. The molecular formula is C7H5F3N4O2S2. The molecule has 0 aromatic carbocycles. The fourth-order valence-electron chi connectivity index (χ4n) is 1.12. The molecule has 2 aromatic heterocycles. The smallest absolute Gasteiger partial charge is 0.453 e. The molecule has 0 atom stereocenters. The molecular weight excluding hydrogens is 293 g/mol. The number of hydrogen-bond acceptors (Lipinski definition) is 6. The Hall–Kier alpha value is -1.36. The van der Waals surface area contributed by atoms with Crippen LogP contribution in [0.25, 0.3) is 4.96 Å². The van der Waals surface area contributed by atoms with Crippen molar-refractivity contribution in [3.63, 3.8) is 0 Å². The van der Waals surface area contributed by atoms with E-state index in [0.717, 1.165) is 23.1 Å². The molecule has 2 aromatic rings. The number of aliphatic carboxylic acids is 1. The highest BCUT2D eigenvalue weighted by Crippen LogP contribution is 2.29. The lowest BCUT2D eigenvalue weighted by Gasteiger charge is -2.00. The number of halogens is 3. The van der Waals surface area contributed by atoms with Crippen molar-refractivity contribution in [2.24, 2.45) is 0 Å². The maximum atomic E-state index is 12.5. The molecule has 0 radical (unpaired) electrons. The highest BCUT2D eigenvalue weighted by atomic mass is 32.2. The van der Waals surface area contributed by atoms with Gasteiger partial charge in [-0.1, -0.05) is 11.3 Å². The van der Waals surface area contributed by atoms with E-state index in [4.69, 9.17) is 5.11 Å². The summed E-state index contributed by atoms with van der Waals surface area (Å²) in [5.74, 6) is -2.08. The number of nitrogens with zero attached hydrogens (tertiary/aromatic N) is 4. The van der Waals surface area contributed by atoms with Gasteiger partial charge in [0.25, 0.3) is 5.82 Å². The summed E-state index contributed by atoms with van der Waals surface area (Å²) in [5, 5.41) is 18.9. The maximum absolute atomic E-state index is 12.5. The molecule has 0 saturated carbocycles. The summed E-state index contributed by atoms with van der Waals surface area (Å²) in [6.45, 7) is 0. The van der Waals surface area contributed by atoms with Gasteiger partial charge in [0.05, 0.1) is 5.75 Å². The Morgan fingerprint density at radius 3 is 2.78 bits per heavy atom. The third-order valence-corrected chi connectivity index (χ3v) is 3.75. The number of aromatic nitrogens is 4. The van der Waals surface area contributed by atoms with Crippen LogP contribution in [0.2, 0.25) is 0 Å². The molecule has 0 spiro atoms. The Morgan fingerprint density at radius 1 is 1.44 bits per heavy atom. The summed E-state index contributed by atoms with van der Waals surface area (Å²) in [6.07, 6.45) is -4.61. The molecule has 0 fully saturated rings. The first-order chi connectivity index (χ1) is 8.38. The van der Waals surface area contributed by atoms with Gasteiger partial charge in [-0.2, -0.15) is 22.8 Å². The van der Waals surface area contributed by atoms with Crippen molar-refractivity contribution in [1.82, 2.24) is 19.8 Å². The van der Waals surface area contributed by atoms with Crippen molar-refractivity contribution in [3.8, 4) is 0 Å². The number of rotatable bonds is 4. The van der Waals surface area contributed by atoms with E-state index in [0.29, 0.717) is 9.52 Å². The Kier molecular flexibility index (Phi) is 3.43. The van der Waals surface area contributed by atoms with E-state index in [9.17, 15) is 18.0 Å². The second-order valence-corrected chi connectivity index (χ2v) is 5.12. The second-order valence-electron chi connectivity index (χ2n) is 3.10. The van der Waals surface area contributed by atoms with Gasteiger partial charge in [0.15, 0.2) is 0 Å². The monoisotopic (exact) mass is 298 g/mol. The fraction of sp³-hybridized carbons (Fsp3) is 0.429. The van der Waals surface area contributed by atoms with Gasteiger partial charge in [-0.3, -0.25) is 4.79 Å². The maximum Gasteiger partial charge on any atom is 0.453 e. The van der Waals surface area contributed by atoms with Crippen molar-refractivity contribution in [3.05, 3.63) is 10.8 Å². The number of carboxylic acids is 1. The molecule has 11 heteroatoms. The average Bonchev–Trinajstić information content (AvgIpc) is 2.73. The number of carbonyl (C=O) groups is 1. The highest BCUT2D eigenvalue weighted by Gasteiger charge is 2.38. The first kappa shape index (κ1) is 13.1. The highest BCUT2D eigenvalue weighted by molar-refractivity contribution is 7.99. The molecule has 18 heavy (non-hydrogen) atoms. The van der Waals surface area contributed by atoms with Gasteiger partial charge >= 0.3 is 12.1 Å². The van der Waals surface area contributed by atoms with E-state index in [2.05, 4.69) is 15.3 Å². The summed E-state index contributed by atoms with van der Waals surface area (Å²) in [4.78, 5) is 10.3. The van der Waals surface area contributed by atoms with Crippen LogP contribution in [0.3, 0.4) is 0 Å². The number of fused-ring (bicyclic) bond motifs is 1.